The van der Waals surface area contributed by atoms with Gasteiger partial charge in [0.05, 0.1) is 17.0 Å². The second-order valence-corrected chi connectivity index (χ2v) is 8.75. The highest BCUT2D eigenvalue weighted by molar-refractivity contribution is 7.92. The van der Waals surface area contributed by atoms with Crippen LogP contribution < -0.4 is 4.31 Å². The molecule has 0 bridgehead atoms. The number of rotatable bonds is 5. The van der Waals surface area contributed by atoms with Gasteiger partial charge in [-0.25, -0.2) is 8.42 Å². The number of aryl methyl sites for hydroxylation is 2. The first-order valence-electron chi connectivity index (χ1n) is 8.22. The average molecular weight is 373 g/mol. The van der Waals surface area contributed by atoms with E-state index in [0.717, 1.165) is 49.7 Å². The Hall–Kier alpha value is -1.27. The van der Waals surface area contributed by atoms with Crippen molar-refractivity contribution in [3.8, 4) is 0 Å². The van der Waals surface area contributed by atoms with Crippen molar-refractivity contribution in [2.24, 2.45) is 0 Å². The third-order valence-corrected chi connectivity index (χ3v) is 5.74. The van der Waals surface area contributed by atoms with E-state index < -0.39 is 10.0 Å². The molecule has 1 aliphatic heterocycles. The van der Waals surface area contributed by atoms with Gasteiger partial charge >= 0.3 is 0 Å². The van der Waals surface area contributed by atoms with E-state index in [2.05, 4.69) is 0 Å². The van der Waals surface area contributed by atoms with E-state index in [0.29, 0.717) is 10.7 Å². The van der Waals surface area contributed by atoms with Crippen molar-refractivity contribution in [1.29, 1.82) is 0 Å². The number of likely N-dealkylation sites (tertiary alicyclic amines) is 1. The zero-order valence-electron chi connectivity index (χ0n) is 14.5. The minimum atomic E-state index is -3.52. The van der Waals surface area contributed by atoms with Crippen LogP contribution in [-0.4, -0.2) is 45.1 Å². The van der Waals surface area contributed by atoms with Gasteiger partial charge in [0.15, 0.2) is 0 Å². The van der Waals surface area contributed by atoms with Gasteiger partial charge < -0.3 is 4.90 Å². The molecule has 5 nitrogen and oxygen atoms in total. The SMILES string of the molecule is Cc1cc(C)c(N(CCC(=O)N2CCCCC2)S(C)(=O)=O)c(Cl)c1. The number of hydrogen-bond donors (Lipinski definition) is 0. The minimum Gasteiger partial charge on any atom is -0.343 e. The summed E-state index contributed by atoms with van der Waals surface area (Å²) in [6.07, 6.45) is 4.50. The van der Waals surface area contributed by atoms with Crippen molar-refractivity contribution in [2.75, 3.05) is 30.2 Å². The Morgan fingerprint density at radius 2 is 1.83 bits per heavy atom. The molecule has 0 atom stereocenters. The highest BCUT2D eigenvalue weighted by Crippen LogP contribution is 2.32. The Labute approximate surface area is 149 Å². The molecule has 24 heavy (non-hydrogen) atoms. The fourth-order valence-corrected chi connectivity index (χ4v) is 4.64. The maximum Gasteiger partial charge on any atom is 0.232 e. The van der Waals surface area contributed by atoms with E-state index in [1.54, 1.807) is 6.07 Å². The second-order valence-electron chi connectivity index (χ2n) is 6.44. The molecule has 2 rings (SSSR count). The summed E-state index contributed by atoms with van der Waals surface area (Å²) in [5, 5.41) is 0.392. The number of nitrogens with zero attached hydrogens (tertiary/aromatic N) is 2. The fraction of sp³-hybridized carbons (Fsp3) is 0.588. The Balaban J connectivity index is 2.20. The van der Waals surface area contributed by atoms with Crippen LogP contribution in [0.25, 0.3) is 0 Å². The molecule has 0 spiro atoms. The van der Waals surface area contributed by atoms with E-state index in [4.69, 9.17) is 11.6 Å². The van der Waals surface area contributed by atoms with Gasteiger partial charge in [0.1, 0.15) is 0 Å². The molecule has 1 heterocycles. The Morgan fingerprint density at radius 3 is 2.38 bits per heavy atom. The van der Waals surface area contributed by atoms with E-state index in [1.165, 1.54) is 4.31 Å². The smallest absolute Gasteiger partial charge is 0.232 e. The monoisotopic (exact) mass is 372 g/mol. The molecule has 0 saturated carbocycles. The summed E-state index contributed by atoms with van der Waals surface area (Å²) in [5.74, 6) is 0.00392. The van der Waals surface area contributed by atoms with E-state index in [9.17, 15) is 13.2 Å². The van der Waals surface area contributed by atoms with Gasteiger partial charge in [-0.2, -0.15) is 0 Å². The van der Waals surface area contributed by atoms with Crippen LogP contribution in [0.15, 0.2) is 12.1 Å². The molecule has 0 aromatic heterocycles. The van der Waals surface area contributed by atoms with Gasteiger partial charge in [0.25, 0.3) is 0 Å². The standard InChI is InChI=1S/C17H25ClN2O3S/c1-13-11-14(2)17(15(18)12-13)20(24(3,22)23)10-7-16(21)19-8-5-4-6-9-19/h11-12H,4-10H2,1-3H3. The molecule has 0 unspecified atom stereocenters. The Morgan fingerprint density at radius 1 is 1.21 bits per heavy atom. The number of anilines is 1. The first kappa shape index (κ1) is 19.1. The van der Waals surface area contributed by atoms with Crippen LogP contribution >= 0.6 is 11.6 Å². The number of halogens is 1. The van der Waals surface area contributed by atoms with Crippen LogP contribution in [0, 0.1) is 13.8 Å². The first-order valence-corrected chi connectivity index (χ1v) is 10.4. The number of amides is 1. The maximum atomic E-state index is 12.4. The summed E-state index contributed by atoms with van der Waals surface area (Å²) in [6, 6.07) is 3.64. The van der Waals surface area contributed by atoms with Crippen LogP contribution in [0.1, 0.15) is 36.8 Å². The number of carbonyl (C=O) groups is 1. The molecule has 134 valence electrons. The van der Waals surface area contributed by atoms with Crippen molar-refractivity contribution in [3.63, 3.8) is 0 Å². The number of benzene rings is 1. The summed E-state index contributed by atoms with van der Waals surface area (Å²) in [4.78, 5) is 14.2. The molecule has 0 aliphatic carbocycles. The normalized spacial score (nSPS) is 15.4. The second kappa shape index (κ2) is 7.74. The first-order chi connectivity index (χ1) is 11.2. The quantitative estimate of drug-likeness (QED) is 0.797. The lowest BCUT2D eigenvalue weighted by molar-refractivity contribution is -0.131. The highest BCUT2D eigenvalue weighted by Gasteiger charge is 2.24. The maximum absolute atomic E-state index is 12.4. The lowest BCUT2D eigenvalue weighted by Crippen LogP contribution is -2.39. The van der Waals surface area contributed by atoms with Gasteiger partial charge in [-0.05, 0) is 50.3 Å². The summed E-state index contributed by atoms with van der Waals surface area (Å²) < 4.78 is 25.8. The van der Waals surface area contributed by atoms with Gasteiger partial charge in [-0.15, -0.1) is 0 Å². The van der Waals surface area contributed by atoms with Crippen LogP contribution in [-0.2, 0) is 14.8 Å². The molecular weight excluding hydrogens is 348 g/mol. The minimum absolute atomic E-state index is 0.00392. The topological polar surface area (TPSA) is 57.7 Å². The molecule has 7 heteroatoms. The molecule has 1 fully saturated rings. The van der Waals surface area contributed by atoms with Gasteiger partial charge in [0.2, 0.25) is 15.9 Å². The van der Waals surface area contributed by atoms with Crippen LogP contribution in [0.3, 0.4) is 0 Å². The van der Waals surface area contributed by atoms with Crippen molar-refractivity contribution in [3.05, 3.63) is 28.3 Å². The molecule has 1 saturated heterocycles. The molecule has 1 aromatic carbocycles. The van der Waals surface area contributed by atoms with Crippen molar-refractivity contribution in [1.82, 2.24) is 4.90 Å². The predicted octanol–water partition coefficient (Wildman–Crippen LogP) is 3.13. The van der Waals surface area contributed by atoms with Crippen molar-refractivity contribution >= 4 is 33.2 Å². The van der Waals surface area contributed by atoms with Crippen molar-refractivity contribution in [2.45, 2.75) is 39.5 Å². The summed E-state index contributed by atoms with van der Waals surface area (Å²) >= 11 is 6.30. The summed E-state index contributed by atoms with van der Waals surface area (Å²) in [6.45, 7) is 5.38. The molecular formula is C17H25ClN2O3S. The van der Waals surface area contributed by atoms with E-state index in [-0.39, 0.29) is 18.9 Å². The molecule has 1 aromatic rings. The lowest BCUT2D eigenvalue weighted by Gasteiger charge is -2.29. The van der Waals surface area contributed by atoms with Crippen LogP contribution in [0.4, 0.5) is 5.69 Å². The molecule has 1 amide bonds. The zero-order valence-corrected chi connectivity index (χ0v) is 16.1. The Kier molecular flexibility index (Phi) is 6.15. The lowest BCUT2D eigenvalue weighted by atomic mass is 10.1. The number of sulfonamides is 1. The third kappa shape index (κ3) is 4.63. The predicted molar refractivity (Wildman–Crippen MR) is 98.2 cm³/mol. The highest BCUT2D eigenvalue weighted by atomic mass is 35.5. The van der Waals surface area contributed by atoms with Crippen LogP contribution in [0.5, 0.6) is 0 Å². The van der Waals surface area contributed by atoms with Gasteiger partial charge in [0, 0.05) is 26.1 Å². The number of hydrogen-bond acceptors (Lipinski definition) is 3. The Bertz CT molecular complexity index is 690. The fourth-order valence-electron chi connectivity index (χ4n) is 3.17. The molecule has 0 N–H and O–H groups in total. The van der Waals surface area contributed by atoms with E-state index in [1.807, 2.05) is 24.8 Å². The summed E-state index contributed by atoms with van der Waals surface area (Å²) in [7, 11) is -3.52. The average Bonchev–Trinajstić information content (AvgIpc) is 2.49. The van der Waals surface area contributed by atoms with E-state index >= 15 is 0 Å². The van der Waals surface area contributed by atoms with Crippen LogP contribution in [0.2, 0.25) is 5.02 Å². The van der Waals surface area contributed by atoms with Crippen molar-refractivity contribution < 1.29 is 13.2 Å². The molecule has 0 radical (unpaired) electrons. The van der Waals surface area contributed by atoms with Gasteiger partial charge in [-0.3, -0.25) is 9.10 Å². The number of carbonyl (C=O) groups excluding carboxylic acids is 1. The van der Waals surface area contributed by atoms with Gasteiger partial charge in [-0.1, -0.05) is 17.7 Å². The summed E-state index contributed by atoms with van der Waals surface area (Å²) in [5.41, 5.74) is 2.23. The molecule has 1 aliphatic rings. The zero-order chi connectivity index (χ0) is 17.9. The largest absolute Gasteiger partial charge is 0.343 e. The third-order valence-electron chi connectivity index (χ3n) is 4.29. The number of piperidine rings is 1.